The van der Waals surface area contributed by atoms with Crippen molar-refractivity contribution in [3.63, 3.8) is 0 Å². The molecule has 0 rings (SSSR count). The van der Waals surface area contributed by atoms with E-state index in [2.05, 4.69) is 15.4 Å². The predicted octanol–water partition coefficient (Wildman–Crippen LogP) is 0.504. The van der Waals surface area contributed by atoms with Gasteiger partial charge in [-0.1, -0.05) is 4.53 Å². The molecule has 0 unspecified atom stereocenters. The summed E-state index contributed by atoms with van der Waals surface area (Å²) in [6.07, 6.45) is 0. The van der Waals surface area contributed by atoms with Crippen molar-refractivity contribution in [1.29, 1.82) is 0 Å². The first-order valence-corrected chi connectivity index (χ1v) is 0.701. The van der Waals surface area contributed by atoms with Crippen LogP contribution in [0.1, 0.15) is 0 Å². The summed E-state index contributed by atoms with van der Waals surface area (Å²) in [7, 11) is 0. The summed E-state index contributed by atoms with van der Waals surface area (Å²) in [6.45, 7) is 0. The standard InChI is InChI=1S/FHO.5FH.Ni.O/c1-2;;;;;;;/h2H;5*1H;;. The van der Waals surface area contributed by atoms with E-state index in [4.69, 9.17) is 13.7 Å². The van der Waals surface area contributed by atoms with Crippen LogP contribution >= 0.6 is 0 Å². The van der Waals surface area contributed by atoms with Gasteiger partial charge in [0.1, 0.15) is 0 Å². The van der Waals surface area contributed by atoms with E-state index in [1.807, 2.05) is 0 Å². The normalized spacial score (nSPS) is 1.33. The van der Waals surface area contributed by atoms with E-state index in [0.717, 1.165) is 0 Å². The molecule has 0 aromatic heterocycles. The Labute approximate surface area is 53.7 Å². The molecule has 0 atom stereocenters. The first-order chi connectivity index (χ1) is 2.00. The second kappa shape index (κ2) is 13200. The van der Waals surface area contributed by atoms with Crippen molar-refractivity contribution in [2.75, 3.05) is 0 Å². The second-order valence-corrected chi connectivity index (χ2v) is 0. The first-order valence-electron chi connectivity index (χ1n) is 0.298. The zero-order chi connectivity index (χ0) is 4.00. The van der Waals surface area contributed by atoms with Gasteiger partial charge in [0, 0.05) is 0 Å². The van der Waals surface area contributed by atoms with Gasteiger partial charge < -0.3 is 0 Å². The van der Waals surface area contributed by atoms with Crippen molar-refractivity contribution in [1.82, 2.24) is 0 Å². The summed E-state index contributed by atoms with van der Waals surface area (Å²) < 4.78 is 16.4. The number of halogens is 6. The molecule has 9 heavy (non-hydrogen) atoms. The van der Waals surface area contributed by atoms with E-state index in [1.54, 1.807) is 0 Å². The molecule has 2 nitrogen and oxygen atoms in total. The van der Waals surface area contributed by atoms with Crippen LogP contribution in [0.15, 0.2) is 0 Å². The fourth-order valence-electron chi connectivity index (χ4n) is 0. The molecule has 0 aliphatic carbocycles. The molecule has 0 radical (unpaired) electrons. The SMILES string of the molecule is F.F.F.F.F.OF.[O]=[Ni]. The van der Waals surface area contributed by atoms with Crippen molar-refractivity contribution >= 4 is 0 Å². The van der Waals surface area contributed by atoms with Gasteiger partial charge in [-0.3, -0.25) is 23.5 Å². The van der Waals surface area contributed by atoms with Crippen LogP contribution in [0, 0.1) is 0 Å². The number of hydrogen-bond donors (Lipinski definition) is 1. The summed E-state index contributed by atoms with van der Waals surface area (Å²) in [4.78, 5) is 0. The summed E-state index contributed by atoms with van der Waals surface area (Å²) in [5.41, 5.74) is 0. The Bertz CT molecular complexity index is 11.0. The van der Waals surface area contributed by atoms with Crippen LogP contribution in [-0.4, -0.2) is 5.31 Å². The van der Waals surface area contributed by atoms with Crippen LogP contribution in [0.2, 0.25) is 0 Å². The van der Waals surface area contributed by atoms with Gasteiger partial charge in [-0.2, -0.15) is 0 Å². The Kier molecular flexibility index (Phi) is 236000. The van der Waals surface area contributed by atoms with Gasteiger partial charge >= 0.3 is 19.3 Å². The third kappa shape index (κ3) is 9620. The first kappa shape index (κ1) is 161. The van der Waals surface area contributed by atoms with Gasteiger partial charge in [-0.05, 0) is 0 Å². The van der Waals surface area contributed by atoms with Crippen LogP contribution in [0.3, 0.4) is 0 Å². The van der Waals surface area contributed by atoms with Crippen LogP contribution in [0.5, 0.6) is 0 Å². The average molecular weight is 211 g/mol. The summed E-state index contributed by atoms with van der Waals surface area (Å²) in [5, 5.41) is 5.50. The molecule has 70 valence electrons. The zero-order valence-corrected chi connectivity index (χ0v) is 4.58. The van der Waals surface area contributed by atoms with Crippen molar-refractivity contribution in [3.8, 4) is 0 Å². The minimum atomic E-state index is 0. The molecule has 0 saturated carbocycles. The van der Waals surface area contributed by atoms with Gasteiger partial charge in [0.05, 0.1) is 0 Å². The van der Waals surface area contributed by atoms with E-state index in [-0.39, 0.29) is 23.5 Å². The van der Waals surface area contributed by atoms with Crippen LogP contribution < -0.4 is 0 Å². The van der Waals surface area contributed by atoms with Gasteiger partial charge in [0.25, 0.3) is 0 Å². The zero-order valence-electron chi connectivity index (χ0n) is 3.59. The average Bonchev–Trinajstić information content (AvgIpc) is 1.50. The van der Waals surface area contributed by atoms with Crippen molar-refractivity contribution in [2.24, 2.45) is 0 Å². The summed E-state index contributed by atoms with van der Waals surface area (Å²) in [5.74, 6) is 0. The Hall–Kier alpha value is -0.166. The summed E-state index contributed by atoms with van der Waals surface area (Å²) in [6, 6.07) is 0. The third-order valence-electron chi connectivity index (χ3n) is 0. The molecule has 0 fully saturated rings. The molecular weight excluding hydrogens is 205 g/mol. The number of hydrogen-bond acceptors (Lipinski definition) is 2. The molecule has 0 aromatic rings. The molecule has 0 heterocycles. The maximum absolute atomic E-state index is 8.50. The van der Waals surface area contributed by atoms with E-state index in [0.29, 0.717) is 0 Å². The van der Waals surface area contributed by atoms with E-state index < -0.39 is 0 Å². The number of rotatable bonds is 0. The monoisotopic (exact) mass is 210 g/mol. The fraction of sp³-hybridized carbons (Fsp3) is 0. The van der Waals surface area contributed by atoms with Crippen molar-refractivity contribution in [2.45, 2.75) is 0 Å². The Morgan fingerprint density at radius 3 is 0.778 bits per heavy atom. The Morgan fingerprint density at radius 2 is 0.778 bits per heavy atom. The van der Waals surface area contributed by atoms with Gasteiger partial charge in [0.2, 0.25) is 0 Å². The van der Waals surface area contributed by atoms with Gasteiger partial charge in [0.15, 0.2) is 0 Å². The summed E-state index contributed by atoms with van der Waals surface area (Å²) >= 11 is 2.62. The maximum atomic E-state index is 8.50. The van der Waals surface area contributed by atoms with E-state index in [1.165, 1.54) is 0 Å². The van der Waals surface area contributed by atoms with Crippen molar-refractivity contribution in [3.05, 3.63) is 0 Å². The van der Waals surface area contributed by atoms with Crippen molar-refractivity contribution < 1.29 is 52.6 Å². The predicted molar refractivity (Wildman–Crippen MR) is 16.5 cm³/mol. The molecular formula is H6F6NiO2. The van der Waals surface area contributed by atoms with E-state index >= 15 is 0 Å². The third-order valence-corrected chi connectivity index (χ3v) is 0. The molecule has 0 aliphatic heterocycles. The van der Waals surface area contributed by atoms with Crippen LogP contribution in [0.25, 0.3) is 0 Å². The molecule has 0 saturated heterocycles. The molecule has 0 aliphatic rings. The Morgan fingerprint density at radius 1 is 0.778 bits per heavy atom. The molecule has 0 aromatic carbocycles. The molecule has 0 amide bonds. The molecule has 0 spiro atoms. The fourth-order valence-corrected chi connectivity index (χ4v) is 0. The quantitative estimate of drug-likeness (QED) is 0.467. The minimum absolute atomic E-state index is 0. The molecule has 0 bridgehead atoms. The molecule has 1 N–H and O–H groups in total. The van der Waals surface area contributed by atoms with Gasteiger partial charge in [-0.15, -0.1) is 0 Å². The molecule has 9 heteroatoms. The van der Waals surface area contributed by atoms with Crippen LogP contribution in [0.4, 0.5) is 28.0 Å². The van der Waals surface area contributed by atoms with Gasteiger partial charge in [-0.25, -0.2) is 5.31 Å². The van der Waals surface area contributed by atoms with Crippen LogP contribution in [-0.2, 0) is 19.3 Å². The topological polar surface area (TPSA) is 37.3 Å². The second-order valence-electron chi connectivity index (χ2n) is 0. The van der Waals surface area contributed by atoms with E-state index in [9.17, 15) is 0 Å². The Balaban J connectivity index is -0.00000000114.